The summed E-state index contributed by atoms with van der Waals surface area (Å²) in [6.45, 7) is 6.28. The standard InChI is InChI=1S/C29H29N5O4S2/c1-17-13-20(8-10-23(17)32-40(4,35)36)34-28(27(31-29(34)39)24-7-5-6-12-30-24)22-14-18(2)33(19(22)3)21-9-11-25-26(15-21)38-16-37-25/h5-15,27-28,32H,16H2,1-4H3,(H,31,39)/t27-,28-/m1/s1. The average Bonchev–Trinajstić information content (AvgIpc) is 3.59. The molecule has 1 fully saturated rings. The molecule has 0 radical (unpaired) electrons. The van der Waals surface area contributed by atoms with E-state index in [4.69, 9.17) is 21.7 Å². The molecule has 0 unspecified atom stereocenters. The van der Waals surface area contributed by atoms with E-state index < -0.39 is 10.0 Å². The molecule has 4 aromatic rings. The number of thiocarbonyl (C=S) groups is 1. The molecule has 0 bridgehead atoms. The molecule has 2 aliphatic rings. The summed E-state index contributed by atoms with van der Waals surface area (Å²) in [5, 5.41) is 4.07. The molecule has 6 rings (SSSR count). The second-order valence-corrected chi connectivity index (χ2v) is 12.2. The molecule has 2 aromatic heterocycles. The van der Waals surface area contributed by atoms with Crippen molar-refractivity contribution in [2.45, 2.75) is 32.9 Å². The number of pyridine rings is 1. The molecule has 11 heteroatoms. The van der Waals surface area contributed by atoms with Gasteiger partial charge in [0.25, 0.3) is 0 Å². The van der Waals surface area contributed by atoms with E-state index in [1.807, 2.05) is 55.5 Å². The number of nitrogens with zero attached hydrogens (tertiary/aromatic N) is 3. The summed E-state index contributed by atoms with van der Waals surface area (Å²) in [5.74, 6) is 1.46. The third-order valence-electron chi connectivity index (χ3n) is 7.28. The molecule has 0 aliphatic carbocycles. The summed E-state index contributed by atoms with van der Waals surface area (Å²) in [6.07, 6.45) is 2.93. The van der Waals surface area contributed by atoms with E-state index in [1.165, 1.54) is 0 Å². The Balaban J connectivity index is 1.47. The van der Waals surface area contributed by atoms with Crippen LogP contribution in [0.25, 0.3) is 5.69 Å². The molecule has 1 saturated heterocycles. The van der Waals surface area contributed by atoms with Crippen molar-refractivity contribution in [1.82, 2.24) is 14.9 Å². The van der Waals surface area contributed by atoms with Gasteiger partial charge in [-0.2, -0.15) is 0 Å². The minimum atomic E-state index is -3.41. The lowest BCUT2D eigenvalue weighted by Crippen LogP contribution is -2.29. The summed E-state index contributed by atoms with van der Waals surface area (Å²) >= 11 is 5.91. The molecule has 2 atom stereocenters. The van der Waals surface area contributed by atoms with E-state index in [-0.39, 0.29) is 18.9 Å². The van der Waals surface area contributed by atoms with E-state index in [0.717, 1.165) is 57.3 Å². The lowest BCUT2D eigenvalue weighted by molar-refractivity contribution is 0.174. The number of hydrogen-bond donors (Lipinski definition) is 2. The van der Waals surface area contributed by atoms with Crippen LogP contribution in [0.4, 0.5) is 11.4 Å². The normalized spacial score (nSPS) is 18.2. The highest BCUT2D eigenvalue weighted by Crippen LogP contribution is 2.45. The lowest BCUT2D eigenvalue weighted by atomic mass is 9.96. The number of sulfonamides is 1. The second kappa shape index (κ2) is 9.83. The van der Waals surface area contributed by atoms with Crippen LogP contribution in [0.15, 0.2) is 66.9 Å². The predicted octanol–water partition coefficient (Wildman–Crippen LogP) is 5.07. The number of rotatable bonds is 6. The largest absolute Gasteiger partial charge is 0.454 e. The fraction of sp³-hybridized carbons (Fsp3) is 0.241. The van der Waals surface area contributed by atoms with Crippen molar-refractivity contribution < 1.29 is 17.9 Å². The van der Waals surface area contributed by atoms with Gasteiger partial charge >= 0.3 is 0 Å². The predicted molar refractivity (Wildman–Crippen MR) is 159 cm³/mol. The highest BCUT2D eigenvalue weighted by atomic mass is 32.2. The van der Waals surface area contributed by atoms with Gasteiger partial charge in [0.2, 0.25) is 16.8 Å². The topological polar surface area (TPSA) is 97.7 Å². The van der Waals surface area contributed by atoms with Gasteiger partial charge in [0.15, 0.2) is 16.6 Å². The Morgan fingerprint density at radius 1 is 1.00 bits per heavy atom. The Morgan fingerprint density at radius 3 is 2.50 bits per heavy atom. The first kappa shape index (κ1) is 26.1. The smallest absolute Gasteiger partial charge is 0.231 e. The maximum Gasteiger partial charge on any atom is 0.231 e. The van der Waals surface area contributed by atoms with Crippen LogP contribution < -0.4 is 24.4 Å². The highest BCUT2D eigenvalue weighted by molar-refractivity contribution is 7.92. The summed E-state index contributed by atoms with van der Waals surface area (Å²) in [7, 11) is -3.41. The SMILES string of the molecule is Cc1cc(N2C(=S)N[C@H](c3ccccn3)[C@H]2c2cc(C)n(-c3ccc4c(c3)OCO4)c2C)ccc1NS(C)(=O)=O. The van der Waals surface area contributed by atoms with Crippen LogP contribution in [0, 0.1) is 20.8 Å². The van der Waals surface area contributed by atoms with E-state index in [1.54, 1.807) is 12.3 Å². The molecule has 4 heterocycles. The second-order valence-electron chi connectivity index (χ2n) is 10.1. The maximum atomic E-state index is 11.9. The van der Waals surface area contributed by atoms with Crippen molar-refractivity contribution in [3.63, 3.8) is 0 Å². The number of aromatic nitrogens is 2. The summed E-state index contributed by atoms with van der Waals surface area (Å²) in [4.78, 5) is 6.76. The maximum absolute atomic E-state index is 11.9. The van der Waals surface area contributed by atoms with E-state index in [2.05, 4.69) is 44.4 Å². The van der Waals surface area contributed by atoms with Crippen LogP contribution in [0.1, 0.15) is 40.3 Å². The minimum absolute atomic E-state index is 0.214. The molecule has 206 valence electrons. The molecule has 2 aliphatic heterocycles. The molecular weight excluding hydrogens is 546 g/mol. The minimum Gasteiger partial charge on any atom is -0.454 e. The summed E-state index contributed by atoms with van der Waals surface area (Å²) < 4.78 is 39.7. The zero-order chi connectivity index (χ0) is 28.2. The van der Waals surface area contributed by atoms with Crippen LogP contribution >= 0.6 is 12.2 Å². The molecular formula is C29H29N5O4S2. The number of fused-ring (bicyclic) bond motifs is 1. The van der Waals surface area contributed by atoms with Gasteiger partial charge in [-0.1, -0.05) is 6.07 Å². The van der Waals surface area contributed by atoms with Gasteiger partial charge in [-0.25, -0.2) is 8.42 Å². The number of hydrogen-bond acceptors (Lipinski definition) is 6. The molecule has 0 spiro atoms. The Morgan fingerprint density at radius 2 is 1.77 bits per heavy atom. The zero-order valence-corrected chi connectivity index (χ0v) is 24.1. The number of nitrogens with one attached hydrogen (secondary N) is 2. The van der Waals surface area contributed by atoms with Gasteiger partial charge in [-0.15, -0.1) is 0 Å². The molecule has 2 aromatic carbocycles. The summed E-state index contributed by atoms with van der Waals surface area (Å²) in [5.41, 5.74) is 7.24. The van der Waals surface area contributed by atoms with E-state index >= 15 is 0 Å². The Kier molecular flexibility index (Phi) is 6.42. The van der Waals surface area contributed by atoms with Gasteiger partial charge in [0.1, 0.15) is 0 Å². The van der Waals surface area contributed by atoms with Crippen LogP contribution in [0.5, 0.6) is 11.5 Å². The number of ether oxygens (including phenoxy) is 2. The molecule has 9 nitrogen and oxygen atoms in total. The van der Waals surface area contributed by atoms with Crippen LogP contribution in [-0.4, -0.2) is 36.1 Å². The fourth-order valence-corrected chi connectivity index (χ4v) is 6.54. The van der Waals surface area contributed by atoms with E-state index in [9.17, 15) is 8.42 Å². The quantitative estimate of drug-likeness (QED) is 0.308. The average molecular weight is 576 g/mol. The molecule has 0 saturated carbocycles. The number of benzene rings is 2. The van der Waals surface area contributed by atoms with Gasteiger partial charge in [0.05, 0.1) is 29.7 Å². The third kappa shape index (κ3) is 4.65. The van der Waals surface area contributed by atoms with Crippen molar-refractivity contribution >= 4 is 38.7 Å². The van der Waals surface area contributed by atoms with Gasteiger partial charge in [-0.05, 0) is 92.6 Å². The first-order valence-corrected chi connectivity index (χ1v) is 15.1. The first-order valence-electron chi connectivity index (χ1n) is 12.8. The van der Waals surface area contributed by atoms with Crippen LogP contribution in [-0.2, 0) is 10.0 Å². The van der Waals surface area contributed by atoms with Gasteiger partial charge in [-0.3, -0.25) is 9.71 Å². The molecule has 2 N–H and O–H groups in total. The number of anilines is 2. The lowest BCUT2D eigenvalue weighted by Gasteiger charge is -2.29. The van der Waals surface area contributed by atoms with Crippen LogP contribution in [0.3, 0.4) is 0 Å². The first-order chi connectivity index (χ1) is 19.1. The van der Waals surface area contributed by atoms with Crippen molar-refractivity contribution in [3.05, 3.63) is 95.1 Å². The molecule has 40 heavy (non-hydrogen) atoms. The van der Waals surface area contributed by atoms with Gasteiger partial charge in [0, 0.05) is 35.0 Å². The highest BCUT2D eigenvalue weighted by Gasteiger charge is 2.42. The van der Waals surface area contributed by atoms with Crippen LogP contribution in [0.2, 0.25) is 0 Å². The van der Waals surface area contributed by atoms with Crippen molar-refractivity contribution in [2.24, 2.45) is 0 Å². The zero-order valence-electron chi connectivity index (χ0n) is 22.5. The monoisotopic (exact) mass is 575 g/mol. The van der Waals surface area contributed by atoms with E-state index in [0.29, 0.717) is 10.8 Å². The van der Waals surface area contributed by atoms with Crippen molar-refractivity contribution in [2.75, 3.05) is 22.7 Å². The summed E-state index contributed by atoms with van der Waals surface area (Å²) in [6, 6.07) is 19.2. The van der Waals surface area contributed by atoms with Crippen molar-refractivity contribution in [1.29, 1.82) is 0 Å². The fourth-order valence-electron chi connectivity index (χ4n) is 5.57. The Bertz CT molecular complexity index is 1740. The third-order valence-corrected chi connectivity index (χ3v) is 8.19. The van der Waals surface area contributed by atoms with Gasteiger partial charge < -0.3 is 24.3 Å². The van der Waals surface area contributed by atoms with Crippen molar-refractivity contribution in [3.8, 4) is 17.2 Å². The number of aryl methyl sites for hydroxylation is 2. The molecule has 0 amide bonds. The Labute approximate surface area is 238 Å². The Hall–Kier alpha value is -4.09.